The molecule has 1 aliphatic heterocycles. The van der Waals surface area contributed by atoms with Crippen LogP contribution in [0.4, 0.5) is 0 Å². The first-order valence-electron chi connectivity index (χ1n) is 7.14. The molecule has 4 heteroatoms. The number of carboxylic acid groups (broad SMARTS) is 1. The highest BCUT2D eigenvalue weighted by atomic mass is 16.4. The summed E-state index contributed by atoms with van der Waals surface area (Å²) in [5.74, 6) is -1.44. The van der Waals surface area contributed by atoms with E-state index in [1.807, 2.05) is 4.90 Å². The quantitative estimate of drug-likeness (QED) is 0.821. The molecule has 4 nitrogen and oxygen atoms in total. The number of rotatable bonds is 2. The Morgan fingerprint density at radius 3 is 2.22 bits per heavy atom. The van der Waals surface area contributed by atoms with Gasteiger partial charge in [0.15, 0.2) is 0 Å². The summed E-state index contributed by atoms with van der Waals surface area (Å²) in [6.07, 6.45) is 6.63. The van der Waals surface area contributed by atoms with Crippen molar-refractivity contribution >= 4 is 11.9 Å². The Morgan fingerprint density at radius 2 is 1.61 bits per heavy atom. The number of carbonyl (C=O) groups excluding carboxylic acids is 1. The zero-order chi connectivity index (χ0) is 13.1. The second kappa shape index (κ2) is 5.72. The van der Waals surface area contributed by atoms with Crippen molar-refractivity contribution in [1.82, 2.24) is 4.90 Å². The largest absolute Gasteiger partial charge is 0.481 e. The van der Waals surface area contributed by atoms with Gasteiger partial charge in [0.25, 0.3) is 0 Å². The first-order valence-corrected chi connectivity index (χ1v) is 7.14. The molecule has 1 amide bonds. The van der Waals surface area contributed by atoms with Crippen LogP contribution >= 0.6 is 0 Å². The Balaban J connectivity index is 2.07. The number of aliphatic carboxylic acids is 1. The molecule has 2 fully saturated rings. The molecule has 1 aliphatic carbocycles. The van der Waals surface area contributed by atoms with E-state index in [4.69, 9.17) is 0 Å². The number of hydrogen-bond donors (Lipinski definition) is 1. The third-order valence-corrected chi connectivity index (χ3v) is 4.49. The number of carbonyl (C=O) groups is 2. The normalized spacial score (nSPS) is 33.2. The van der Waals surface area contributed by atoms with Crippen LogP contribution in [0.5, 0.6) is 0 Å². The lowest BCUT2D eigenvalue weighted by Gasteiger charge is -2.38. The number of piperidine rings is 1. The molecular weight excluding hydrogens is 230 g/mol. The molecule has 0 aromatic carbocycles. The maximum absolute atomic E-state index is 12.5. The minimum absolute atomic E-state index is 0.0919. The molecule has 2 rings (SSSR count). The topological polar surface area (TPSA) is 57.6 Å². The summed E-state index contributed by atoms with van der Waals surface area (Å²) >= 11 is 0. The van der Waals surface area contributed by atoms with Gasteiger partial charge < -0.3 is 10.0 Å². The Kier molecular flexibility index (Phi) is 4.25. The summed E-state index contributed by atoms with van der Waals surface area (Å²) in [7, 11) is 0. The lowest BCUT2D eigenvalue weighted by atomic mass is 9.78. The van der Waals surface area contributed by atoms with E-state index in [0.29, 0.717) is 6.42 Å². The molecule has 0 radical (unpaired) electrons. The van der Waals surface area contributed by atoms with Gasteiger partial charge in [0.1, 0.15) is 0 Å². The van der Waals surface area contributed by atoms with Gasteiger partial charge in [-0.3, -0.25) is 9.59 Å². The monoisotopic (exact) mass is 253 g/mol. The van der Waals surface area contributed by atoms with E-state index in [1.165, 1.54) is 6.42 Å². The SMILES string of the molecule is C[C@H]1CCCCN1C(=O)[C@H]1CCCC[C@@H]1C(=O)O. The van der Waals surface area contributed by atoms with Crippen LogP contribution in [0.1, 0.15) is 51.9 Å². The molecule has 0 aromatic rings. The molecule has 1 N–H and O–H groups in total. The number of amides is 1. The number of nitrogens with zero attached hydrogens (tertiary/aromatic N) is 1. The number of likely N-dealkylation sites (tertiary alicyclic amines) is 1. The number of hydrogen-bond acceptors (Lipinski definition) is 2. The van der Waals surface area contributed by atoms with E-state index in [2.05, 4.69) is 6.92 Å². The van der Waals surface area contributed by atoms with E-state index in [9.17, 15) is 14.7 Å². The van der Waals surface area contributed by atoms with E-state index in [0.717, 1.165) is 38.6 Å². The van der Waals surface area contributed by atoms with Gasteiger partial charge in [-0.05, 0) is 39.0 Å². The summed E-state index contributed by atoms with van der Waals surface area (Å²) in [6.45, 7) is 2.89. The van der Waals surface area contributed by atoms with Gasteiger partial charge in [-0.15, -0.1) is 0 Å². The van der Waals surface area contributed by atoms with Gasteiger partial charge >= 0.3 is 5.97 Å². The summed E-state index contributed by atoms with van der Waals surface area (Å²) < 4.78 is 0. The van der Waals surface area contributed by atoms with Gasteiger partial charge in [0.05, 0.1) is 11.8 Å². The average Bonchev–Trinajstić information content (AvgIpc) is 2.38. The summed E-state index contributed by atoms with van der Waals surface area (Å²) in [5, 5.41) is 9.25. The van der Waals surface area contributed by atoms with Crippen molar-refractivity contribution < 1.29 is 14.7 Å². The van der Waals surface area contributed by atoms with Crippen LogP contribution in [0, 0.1) is 11.8 Å². The van der Waals surface area contributed by atoms with Crippen molar-refractivity contribution in [2.45, 2.75) is 57.9 Å². The Labute approximate surface area is 108 Å². The summed E-state index contributed by atoms with van der Waals surface area (Å²) in [6, 6.07) is 0.280. The van der Waals surface area contributed by atoms with Crippen LogP contribution in [0.25, 0.3) is 0 Å². The van der Waals surface area contributed by atoms with Crippen LogP contribution in [0.15, 0.2) is 0 Å². The lowest BCUT2D eigenvalue weighted by molar-refractivity contribution is -0.153. The molecule has 1 saturated carbocycles. The van der Waals surface area contributed by atoms with Crippen molar-refractivity contribution in [2.75, 3.05) is 6.54 Å². The fourth-order valence-corrected chi connectivity index (χ4v) is 3.36. The predicted molar refractivity (Wildman–Crippen MR) is 68.1 cm³/mol. The smallest absolute Gasteiger partial charge is 0.307 e. The highest BCUT2D eigenvalue weighted by Gasteiger charge is 2.39. The molecule has 102 valence electrons. The maximum Gasteiger partial charge on any atom is 0.307 e. The third kappa shape index (κ3) is 2.68. The highest BCUT2D eigenvalue weighted by molar-refractivity contribution is 5.85. The molecule has 0 spiro atoms. The second-order valence-electron chi connectivity index (χ2n) is 5.71. The highest BCUT2D eigenvalue weighted by Crippen LogP contribution is 2.33. The molecule has 0 unspecified atom stereocenters. The van der Waals surface area contributed by atoms with Crippen molar-refractivity contribution in [3.63, 3.8) is 0 Å². The molecule has 3 atom stereocenters. The molecule has 1 heterocycles. The van der Waals surface area contributed by atoms with Crippen LogP contribution in [0.3, 0.4) is 0 Å². The van der Waals surface area contributed by atoms with Gasteiger partial charge in [-0.1, -0.05) is 12.8 Å². The Bertz CT molecular complexity index is 329. The summed E-state index contributed by atoms with van der Waals surface area (Å²) in [4.78, 5) is 25.7. The van der Waals surface area contributed by atoms with Crippen molar-refractivity contribution in [2.24, 2.45) is 11.8 Å². The first kappa shape index (κ1) is 13.4. The van der Waals surface area contributed by atoms with Gasteiger partial charge in [0, 0.05) is 12.6 Å². The van der Waals surface area contributed by atoms with E-state index >= 15 is 0 Å². The van der Waals surface area contributed by atoms with Gasteiger partial charge in [-0.25, -0.2) is 0 Å². The number of carboxylic acids is 1. The molecule has 2 aliphatic rings. The van der Waals surface area contributed by atoms with Crippen LogP contribution < -0.4 is 0 Å². The van der Waals surface area contributed by atoms with Crippen LogP contribution in [0.2, 0.25) is 0 Å². The van der Waals surface area contributed by atoms with Gasteiger partial charge in [-0.2, -0.15) is 0 Å². The average molecular weight is 253 g/mol. The Hall–Kier alpha value is -1.06. The first-order chi connectivity index (χ1) is 8.61. The fraction of sp³-hybridized carbons (Fsp3) is 0.857. The van der Waals surface area contributed by atoms with E-state index < -0.39 is 11.9 Å². The van der Waals surface area contributed by atoms with Gasteiger partial charge in [0.2, 0.25) is 5.91 Å². The third-order valence-electron chi connectivity index (χ3n) is 4.49. The van der Waals surface area contributed by atoms with Crippen LogP contribution in [-0.2, 0) is 9.59 Å². The Morgan fingerprint density at radius 1 is 1.00 bits per heavy atom. The van der Waals surface area contributed by atoms with E-state index in [-0.39, 0.29) is 17.9 Å². The summed E-state index contributed by atoms with van der Waals surface area (Å²) in [5.41, 5.74) is 0. The molecular formula is C14H23NO3. The standard InChI is InChI=1S/C14H23NO3/c1-10-6-4-5-9-15(10)13(16)11-7-2-3-8-12(11)14(17)18/h10-12H,2-9H2,1H3,(H,17,18)/t10-,11-,12-/m0/s1. The minimum Gasteiger partial charge on any atom is -0.481 e. The molecule has 18 heavy (non-hydrogen) atoms. The molecule has 0 aromatic heterocycles. The molecule has 1 saturated heterocycles. The minimum atomic E-state index is -0.794. The van der Waals surface area contributed by atoms with Crippen molar-refractivity contribution in [3.05, 3.63) is 0 Å². The zero-order valence-electron chi connectivity index (χ0n) is 11.1. The maximum atomic E-state index is 12.5. The fourth-order valence-electron chi connectivity index (χ4n) is 3.36. The molecule has 0 bridgehead atoms. The second-order valence-corrected chi connectivity index (χ2v) is 5.71. The predicted octanol–water partition coefficient (Wildman–Crippen LogP) is 2.28. The van der Waals surface area contributed by atoms with E-state index in [1.54, 1.807) is 0 Å². The van der Waals surface area contributed by atoms with Crippen molar-refractivity contribution in [1.29, 1.82) is 0 Å². The van der Waals surface area contributed by atoms with Crippen molar-refractivity contribution in [3.8, 4) is 0 Å². The lowest BCUT2D eigenvalue weighted by Crippen LogP contribution is -2.48. The van der Waals surface area contributed by atoms with Crippen LogP contribution in [-0.4, -0.2) is 34.5 Å². The zero-order valence-corrected chi connectivity index (χ0v) is 11.1.